The van der Waals surface area contributed by atoms with E-state index >= 15 is 0 Å². The van der Waals surface area contributed by atoms with Crippen LogP contribution in [0.3, 0.4) is 0 Å². The van der Waals surface area contributed by atoms with Crippen LogP contribution in [0.1, 0.15) is 37.5 Å². The first-order valence-electron chi connectivity index (χ1n) is 9.58. The van der Waals surface area contributed by atoms with Crippen LogP contribution in [-0.4, -0.2) is 62.8 Å². The summed E-state index contributed by atoms with van der Waals surface area (Å²) in [4.78, 5) is 13.6. The second-order valence-electron chi connectivity index (χ2n) is 8.23. The minimum atomic E-state index is -1.37. The van der Waals surface area contributed by atoms with Crippen molar-refractivity contribution < 1.29 is 4.21 Å². The van der Waals surface area contributed by atoms with Crippen LogP contribution in [0, 0.1) is 6.92 Å². The highest BCUT2D eigenvalue weighted by Gasteiger charge is 2.22. The second kappa shape index (κ2) is 8.49. The molecule has 150 valence electrons. The lowest BCUT2D eigenvalue weighted by Crippen LogP contribution is -2.45. The Balaban J connectivity index is 1.93. The Morgan fingerprint density at radius 3 is 2.11 bits per heavy atom. The molecule has 3 rings (SSSR count). The van der Waals surface area contributed by atoms with Gasteiger partial charge in [-0.25, -0.2) is 14.2 Å². The molecule has 1 aromatic carbocycles. The maximum absolute atomic E-state index is 12.7. The van der Waals surface area contributed by atoms with Crippen LogP contribution in [0.2, 0.25) is 0 Å². The van der Waals surface area contributed by atoms with Crippen molar-refractivity contribution in [3.63, 3.8) is 0 Å². The first kappa shape index (κ1) is 20.6. The minimum absolute atomic E-state index is 0.434. The van der Waals surface area contributed by atoms with E-state index in [1.807, 2.05) is 52.0 Å². The lowest BCUT2D eigenvalue weighted by molar-refractivity contribution is 0.311. The Morgan fingerprint density at radius 2 is 1.57 bits per heavy atom. The normalized spacial score (nSPS) is 17.6. The number of benzene rings is 1. The molecule has 1 aliphatic heterocycles. The molecule has 1 saturated heterocycles. The number of piperazine rings is 1. The predicted octanol–water partition coefficient (Wildman–Crippen LogP) is 2.84. The van der Waals surface area contributed by atoms with Crippen LogP contribution in [-0.2, 0) is 11.0 Å². The number of aromatic nitrogens is 2. The van der Waals surface area contributed by atoms with E-state index in [-0.39, 0.29) is 0 Å². The predicted molar refractivity (Wildman–Crippen MR) is 116 cm³/mol. The van der Waals surface area contributed by atoms with E-state index in [0.717, 1.165) is 43.3 Å². The summed E-state index contributed by atoms with van der Waals surface area (Å²) in [6.45, 7) is 11.7. The summed E-state index contributed by atoms with van der Waals surface area (Å²) < 4.78 is 16.8. The average molecular weight is 400 g/mol. The zero-order valence-corrected chi connectivity index (χ0v) is 18.2. The summed E-state index contributed by atoms with van der Waals surface area (Å²) in [5.41, 5.74) is 3.53. The molecule has 0 N–H and O–H groups in total. The highest BCUT2D eigenvalue weighted by Crippen LogP contribution is 2.19. The van der Waals surface area contributed by atoms with Gasteiger partial charge in [0.25, 0.3) is 0 Å². The van der Waals surface area contributed by atoms with Gasteiger partial charge < -0.3 is 9.80 Å². The minimum Gasteiger partial charge on any atom is -0.338 e. The number of hydrogen-bond donors (Lipinski definition) is 0. The third-order valence-corrected chi connectivity index (χ3v) is 6.12. The number of likely N-dealkylation sites (N-methyl/N-ethyl adjacent to an activating group) is 1. The Hall–Kier alpha value is -2.12. The summed E-state index contributed by atoms with van der Waals surface area (Å²) in [5, 5.41) is 0. The molecule has 0 amide bonds. The van der Waals surface area contributed by atoms with E-state index < -0.39 is 15.7 Å². The molecular formula is C21H29N5OS. The average Bonchev–Trinajstić information content (AvgIpc) is 2.67. The van der Waals surface area contributed by atoms with Gasteiger partial charge in [-0.15, -0.1) is 0 Å². The number of aryl methyl sites for hydroxylation is 1. The summed E-state index contributed by atoms with van der Waals surface area (Å²) in [5.74, 6) is 0.733. The SMILES string of the molecule is Cc1ccc(C(=N[S@@](=O)C(C)(C)C)c2cnc(N3CCN(C)CC3)nc2)cc1. The molecule has 0 aliphatic carbocycles. The van der Waals surface area contributed by atoms with Crippen molar-refractivity contribution in [2.24, 2.45) is 4.40 Å². The highest BCUT2D eigenvalue weighted by atomic mass is 32.2. The van der Waals surface area contributed by atoms with Crippen LogP contribution >= 0.6 is 0 Å². The van der Waals surface area contributed by atoms with Crippen molar-refractivity contribution in [2.75, 3.05) is 38.1 Å². The topological polar surface area (TPSA) is 61.7 Å². The molecule has 1 aromatic heterocycles. The van der Waals surface area contributed by atoms with E-state index in [4.69, 9.17) is 0 Å². The molecule has 0 unspecified atom stereocenters. The van der Waals surface area contributed by atoms with Crippen molar-refractivity contribution in [1.82, 2.24) is 14.9 Å². The van der Waals surface area contributed by atoms with Crippen LogP contribution < -0.4 is 4.90 Å². The summed E-state index contributed by atoms with van der Waals surface area (Å²) in [6.07, 6.45) is 3.58. The highest BCUT2D eigenvalue weighted by molar-refractivity contribution is 7.85. The van der Waals surface area contributed by atoms with Crippen molar-refractivity contribution in [3.05, 3.63) is 53.3 Å². The van der Waals surface area contributed by atoms with Gasteiger partial charge in [-0.05, 0) is 34.7 Å². The van der Waals surface area contributed by atoms with E-state index in [1.165, 1.54) is 5.56 Å². The lowest BCUT2D eigenvalue weighted by Gasteiger charge is -2.32. The lowest BCUT2D eigenvalue weighted by atomic mass is 10.0. The van der Waals surface area contributed by atoms with Crippen LogP contribution in [0.5, 0.6) is 0 Å². The first-order valence-corrected chi connectivity index (χ1v) is 10.7. The summed E-state index contributed by atoms with van der Waals surface area (Å²) in [7, 11) is 0.755. The van der Waals surface area contributed by atoms with Gasteiger partial charge >= 0.3 is 0 Å². The second-order valence-corrected chi connectivity index (χ2v) is 10.1. The number of nitrogens with zero attached hydrogens (tertiary/aromatic N) is 5. The van der Waals surface area contributed by atoms with Crippen molar-refractivity contribution in [2.45, 2.75) is 32.4 Å². The summed E-state index contributed by atoms with van der Waals surface area (Å²) in [6, 6.07) is 8.07. The fourth-order valence-electron chi connectivity index (χ4n) is 2.82. The number of hydrogen-bond acceptors (Lipinski definition) is 5. The van der Waals surface area contributed by atoms with Gasteiger partial charge in [0.1, 0.15) is 11.0 Å². The van der Waals surface area contributed by atoms with E-state index in [9.17, 15) is 4.21 Å². The van der Waals surface area contributed by atoms with Gasteiger partial charge in [0.15, 0.2) is 0 Å². The Bertz CT molecular complexity index is 848. The monoisotopic (exact) mass is 399 g/mol. The molecule has 1 atom stereocenters. The maximum atomic E-state index is 12.7. The molecular weight excluding hydrogens is 370 g/mol. The van der Waals surface area contributed by atoms with Gasteiger partial charge in [0.05, 0.1) is 10.5 Å². The molecule has 28 heavy (non-hydrogen) atoms. The van der Waals surface area contributed by atoms with Crippen molar-refractivity contribution in [1.29, 1.82) is 0 Å². The van der Waals surface area contributed by atoms with Crippen LogP contribution in [0.4, 0.5) is 5.95 Å². The molecule has 2 heterocycles. The fourth-order valence-corrected chi connectivity index (χ4v) is 3.47. The van der Waals surface area contributed by atoms with Gasteiger partial charge in [0, 0.05) is 49.7 Å². The van der Waals surface area contributed by atoms with Gasteiger partial charge in [-0.1, -0.05) is 29.8 Å². The zero-order chi connectivity index (χ0) is 20.3. The molecule has 0 radical (unpaired) electrons. The quantitative estimate of drug-likeness (QED) is 0.740. The Kier molecular flexibility index (Phi) is 6.25. The van der Waals surface area contributed by atoms with Crippen LogP contribution in [0.25, 0.3) is 0 Å². The smallest absolute Gasteiger partial charge is 0.225 e. The first-order chi connectivity index (χ1) is 13.2. The molecule has 2 aromatic rings. The molecule has 6 nitrogen and oxygen atoms in total. The zero-order valence-electron chi connectivity index (χ0n) is 17.3. The largest absolute Gasteiger partial charge is 0.338 e. The molecule has 7 heteroatoms. The molecule has 0 bridgehead atoms. The fraction of sp³-hybridized carbons (Fsp3) is 0.476. The summed E-state index contributed by atoms with van der Waals surface area (Å²) >= 11 is 0. The molecule has 1 aliphatic rings. The van der Waals surface area contributed by atoms with Gasteiger partial charge in [-0.3, -0.25) is 0 Å². The molecule has 1 fully saturated rings. The molecule has 0 saturated carbocycles. The van der Waals surface area contributed by atoms with Gasteiger partial charge in [-0.2, -0.15) is 4.40 Å². The van der Waals surface area contributed by atoms with Gasteiger partial charge in [0.2, 0.25) is 5.95 Å². The van der Waals surface area contributed by atoms with Crippen molar-refractivity contribution >= 4 is 22.6 Å². The van der Waals surface area contributed by atoms with E-state index in [2.05, 4.69) is 31.2 Å². The van der Waals surface area contributed by atoms with Crippen molar-refractivity contribution in [3.8, 4) is 0 Å². The standard InChI is InChI=1S/C21H29N5OS/c1-16-6-8-17(9-7-16)19(24-28(27)21(2,3)4)18-14-22-20(23-15-18)26-12-10-25(5)11-13-26/h6-9,14-15H,10-13H2,1-5H3/t28-/m0/s1. The van der Waals surface area contributed by atoms with Crippen LogP contribution in [0.15, 0.2) is 41.1 Å². The third kappa shape index (κ3) is 5.02. The Labute approximate surface area is 170 Å². The third-order valence-electron chi connectivity index (χ3n) is 4.72. The Morgan fingerprint density at radius 1 is 1.00 bits per heavy atom. The maximum Gasteiger partial charge on any atom is 0.225 e. The van der Waals surface area contributed by atoms with E-state index in [0.29, 0.717) is 5.71 Å². The number of anilines is 1. The van der Waals surface area contributed by atoms with E-state index in [1.54, 1.807) is 12.4 Å². The number of rotatable bonds is 4. The molecule has 0 spiro atoms.